The van der Waals surface area contributed by atoms with Gasteiger partial charge in [0.05, 0.1) is 5.75 Å². The van der Waals surface area contributed by atoms with E-state index in [1.54, 1.807) is 0 Å². The molecule has 4 N–H and O–H groups in total. The van der Waals surface area contributed by atoms with Crippen LogP contribution in [0.1, 0.15) is 16.8 Å². The van der Waals surface area contributed by atoms with E-state index in [2.05, 4.69) is 10.3 Å². The third-order valence-corrected chi connectivity index (χ3v) is 2.81. The molecule has 0 aliphatic carbocycles. The van der Waals surface area contributed by atoms with Crippen LogP contribution in [0.2, 0.25) is 0 Å². The molecule has 0 saturated heterocycles. The molecule has 0 atom stereocenters. The average molecular weight is 259 g/mol. The number of sulfonamides is 1. The van der Waals surface area contributed by atoms with Gasteiger partial charge in [-0.3, -0.25) is 9.59 Å². The first-order valence-electron chi connectivity index (χ1n) is 4.86. The van der Waals surface area contributed by atoms with Gasteiger partial charge in [-0.25, -0.2) is 13.6 Å². The molecule has 0 spiro atoms. The van der Waals surface area contributed by atoms with Gasteiger partial charge in [-0.2, -0.15) is 0 Å². The zero-order valence-electron chi connectivity index (χ0n) is 8.97. The Morgan fingerprint density at radius 1 is 1.47 bits per heavy atom. The van der Waals surface area contributed by atoms with Crippen molar-refractivity contribution in [3.05, 3.63) is 34.2 Å². The van der Waals surface area contributed by atoms with Crippen LogP contribution in [0.25, 0.3) is 0 Å². The van der Waals surface area contributed by atoms with Crippen LogP contribution in [0.15, 0.2) is 23.1 Å². The normalized spacial score (nSPS) is 11.1. The van der Waals surface area contributed by atoms with E-state index >= 15 is 0 Å². The minimum absolute atomic E-state index is 0.0110. The second-order valence-electron chi connectivity index (χ2n) is 3.39. The van der Waals surface area contributed by atoms with Gasteiger partial charge in [-0.1, -0.05) is 0 Å². The van der Waals surface area contributed by atoms with Gasteiger partial charge in [-0.05, 0) is 18.6 Å². The highest BCUT2D eigenvalue weighted by Gasteiger charge is 2.09. The number of rotatable bonds is 5. The number of hydrogen-bond donors (Lipinski definition) is 3. The van der Waals surface area contributed by atoms with Gasteiger partial charge in [0, 0.05) is 12.7 Å². The fourth-order valence-electron chi connectivity index (χ4n) is 1.17. The predicted molar refractivity (Wildman–Crippen MR) is 62.0 cm³/mol. The van der Waals surface area contributed by atoms with Gasteiger partial charge in [-0.15, -0.1) is 0 Å². The minimum Gasteiger partial charge on any atom is -0.352 e. The molecule has 1 rings (SSSR count). The van der Waals surface area contributed by atoms with E-state index in [9.17, 15) is 18.0 Å². The number of aromatic amines is 1. The second-order valence-corrected chi connectivity index (χ2v) is 5.12. The average Bonchev–Trinajstić information content (AvgIpc) is 2.23. The maximum atomic E-state index is 11.5. The largest absolute Gasteiger partial charge is 0.352 e. The van der Waals surface area contributed by atoms with E-state index in [1.165, 1.54) is 18.3 Å². The number of aromatic nitrogens is 1. The minimum atomic E-state index is -3.51. The lowest BCUT2D eigenvalue weighted by Gasteiger charge is -2.03. The zero-order valence-corrected chi connectivity index (χ0v) is 9.79. The van der Waals surface area contributed by atoms with Gasteiger partial charge in [0.2, 0.25) is 10.0 Å². The van der Waals surface area contributed by atoms with Crippen molar-refractivity contribution in [2.75, 3.05) is 12.3 Å². The van der Waals surface area contributed by atoms with Crippen LogP contribution < -0.4 is 16.0 Å². The van der Waals surface area contributed by atoms with Crippen molar-refractivity contribution < 1.29 is 13.2 Å². The van der Waals surface area contributed by atoms with Crippen molar-refractivity contribution in [3.8, 4) is 0 Å². The molecule has 0 aromatic carbocycles. The molecule has 1 heterocycles. The Labute approximate surface area is 98.1 Å². The topological polar surface area (TPSA) is 122 Å². The molecule has 0 bridgehead atoms. The quantitative estimate of drug-likeness (QED) is 0.574. The standard InChI is InChI=1S/C9H13N3O4S/c10-17(15,16)6-2-5-12-9(14)7-3-1-4-11-8(7)13/h1,3-4H,2,5-6H2,(H,11,13)(H,12,14)(H2,10,15,16). The van der Waals surface area contributed by atoms with Crippen molar-refractivity contribution >= 4 is 15.9 Å². The SMILES string of the molecule is NS(=O)(=O)CCCNC(=O)c1ccc[nH]c1=O. The molecule has 0 aliphatic heterocycles. The molecule has 0 radical (unpaired) electrons. The molecule has 17 heavy (non-hydrogen) atoms. The summed E-state index contributed by atoms with van der Waals surface area (Å²) >= 11 is 0. The number of hydrogen-bond acceptors (Lipinski definition) is 4. The van der Waals surface area contributed by atoms with Crippen LogP contribution in [0.3, 0.4) is 0 Å². The third-order valence-electron chi connectivity index (χ3n) is 1.95. The molecule has 0 aliphatic rings. The van der Waals surface area contributed by atoms with E-state index < -0.39 is 21.5 Å². The van der Waals surface area contributed by atoms with Crippen molar-refractivity contribution in [3.63, 3.8) is 0 Å². The van der Waals surface area contributed by atoms with Crippen LogP contribution in [-0.4, -0.2) is 31.6 Å². The molecule has 1 aromatic rings. The highest BCUT2D eigenvalue weighted by Crippen LogP contribution is 1.90. The van der Waals surface area contributed by atoms with E-state index in [0.29, 0.717) is 0 Å². The van der Waals surface area contributed by atoms with Gasteiger partial charge < -0.3 is 10.3 Å². The summed E-state index contributed by atoms with van der Waals surface area (Å²) in [6.07, 6.45) is 1.62. The zero-order chi connectivity index (χ0) is 12.9. The molecule has 0 saturated carbocycles. The van der Waals surface area contributed by atoms with Crippen molar-refractivity contribution in [1.29, 1.82) is 0 Å². The number of primary sulfonamides is 1. The Morgan fingerprint density at radius 2 is 2.18 bits per heavy atom. The third kappa shape index (κ3) is 4.79. The molecule has 0 fully saturated rings. The number of amides is 1. The maximum absolute atomic E-state index is 11.5. The molecular weight excluding hydrogens is 246 g/mol. The van der Waals surface area contributed by atoms with E-state index in [-0.39, 0.29) is 24.3 Å². The molecule has 8 heteroatoms. The van der Waals surface area contributed by atoms with E-state index in [1.807, 2.05) is 0 Å². The molecular formula is C9H13N3O4S. The first-order chi connectivity index (χ1) is 7.90. The lowest BCUT2D eigenvalue weighted by molar-refractivity contribution is 0.0952. The van der Waals surface area contributed by atoms with Crippen LogP contribution >= 0.6 is 0 Å². The summed E-state index contributed by atoms with van der Waals surface area (Å²) in [6, 6.07) is 2.91. The fraction of sp³-hybridized carbons (Fsp3) is 0.333. The molecule has 0 unspecified atom stereocenters. The lowest BCUT2D eigenvalue weighted by Crippen LogP contribution is -2.31. The highest BCUT2D eigenvalue weighted by molar-refractivity contribution is 7.89. The molecule has 1 amide bonds. The summed E-state index contributed by atoms with van der Waals surface area (Å²) in [7, 11) is -3.51. The van der Waals surface area contributed by atoms with Crippen LogP contribution in [-0.2, 0) is 10.0 Å². The Kier molecular flexibility index (Phi) is 4.41. The van der Waals surface area contributed by atoms with Gasteiger partial charge >= 0.3 is 0 Å². The Bertz CT molecular complexity index is 549. The summed E-state index contributed by atoms with van der Waals surface area (Å²) in [5.74, 6) is -0.750. The number of nitrogens with two attached hydrogens (primary N) is 1. The van der Waals surface area contributed by atoms with Crippen LogP contribution in [0.5, 0.6) is 0 Å². The molecule has 94 valence electrons. The summed E-state index contributed by atoms with van der Waals surface area (Å²) in [5, 5.41) is 7.23. The van der Waals surface area contributed by atoms with E-state index in [0.717, 1.165) is 0 Å². The highest BCUT2D eigenvalue weighted by atomic mass is 32.2. The molecule has 7 nitrogen and oxygen atoms in total. The maximum Gasteiger partial charge on any atom is 0.260 e. The predicted octanol–water partition coefficient (Wildman–Crippen LogP) is -1.22. The number of H-pyrrole nitrogens is 1. The lowest BCUT2D eigenvalue weighted by atomic mass is 10.2. The number of carbonyl (C=O) groups is 1. The number of nitrogens with one attached hydrogen (secondary N) is 2. The van der Waals surface area contributed by atoms with Crippen molar-refractivity contribution in [1.82, 2.24) is 10.3 Å². The van der Waals surface area contributed by atoms with Gasteiger partial charge in [0.25, 0.3) is 11.5 Å². The van der Waals surface area contributed by atoms with Gasteiger partial charge in [0.15, 0.2) is 0 Å². The number of pyridine rings is 1. The van der Waals surface area contributed by atoms with Crippen molar-refractivity contribution in [2.45, 2.75) is 6.42 Å². The second kappa shape index (κ2) is 5.60. The first kappa shape index (κ1) is 13.4. The molecule has 1 aromatic heterocycles. The summed E-state index contributed by atoms with van der Waals surface area (Å²) < 4.78 is 21.2. The Balaban J connectivity index is 2.47. The van der Waals surface area contributed by atoms with E-state index in [4.69, 9.17) is 5.14 Å². The monoisotopic (exact) mass is 259 g/mol. The fourth-order valence-corrected chi connectivity index (χ4v) is 1.72. The first-order valence-corrected chi connectivity index (χ1v) is 6.58. The summed E-state index contributed by atoms with van der Waals surface area (Å²) in [6.45, 7) is 0.142. The summed E-state index contributed by atoms with van der Waals surface area (Å²) in [4.78, 5) is 25.1. The Morgan fingerprint density at radius 3 is 2.76 bits per heavy atom. The van der Waals surface area contributed by atoms with Crippen LogP contribution in [0, 0.1) is 0 Å². The smallest absolute Gasteiger partial charge is 0.260 e. The Hall–Kier alpha value is -1.67. The van der Waals surface area contributed by atoms with Crippen molar-refractivity contribution in [2.24, 2.45) is 5.14 Å². The van der Waals surface area contributed by atoms with Gasteiger partial charge in [0.1, 0.15) is 5.56 Å². The van der Waals surface area contributed by atoms with Crippen LogP contribution in [0.4, 0.5) is 0 Å². The summed E-state index contributed by atoms with van der Waals surface area (Å²) in [5.41, 5.74) is -0.500. The number of carbonyl (C=O) groups excluding carboxylic acids is 1.